The van der Waals surface area contributed by atoms with Crippen LogP contribution in [0.15, 0.2) is 48.6 Å². The maximum Gasteiger partial charge on any atom is 0.0577 e. The van der Waals surface area contributed by atoms with Crippen LogP contribution in [0.5, 0.6) is 0 Å². The zero-order chi connectivity index (χ0) is 14.7. The Kier molecular flexibility index (Phi) is 2.66. The van der Waals surface area contributed by atoms with Crippen molar-refractivity contribution in [3.8, 4) is 0 Å². The van der Waals surface area contributed by atoms with Crippen molar-refractivity contribution in [2.45, 2.75) is 24.7 Å². The van der Waals surface area contributed by atoms with E-state index in [1.54, 1.807) is 0 Å². The van der Waals surface area contributed by atoms with Crippen molar-refractivity contribution in [2.75, 3.05) is 0 Å². The molecule has 3 aliphatic rings. The van der Waals surface area contributed by atoms with Crippen LogP contribution in [0.4, 0.5) is 0 Å². The first-order valence-electron chi connectivity index (χ1n) is 7.91. The molecule has 22 heavy (non-hydrogen) atoms. The molecule has 2 unspecified atom stereocenters. The predicted octanol–water partition coefficient (Wildman–Crippen LogP) is 3.84. The van der Waals surface area contributed by atoms with Crippen molar-refractivity contribution in [2.24, 2.45) is 0 Å². The van der Waals surface area contributed by atoms with Crippen molar-refractivity contribution >= 4 is 33.9 Å². The summed E-state index contributed by atoms with van der Waals surface area (Å²) in [6.45, 7) is 0. The second kappa shape index (κ2) is 4.60. The fourth-order valence-electron chi connectivity index (χ4n) is 4.08. The minimum Gasteiger partial charge on any atom is -0.277 e. The fourth-order valence-corrected chi connectivity index (χ4v) is 4.71. The molecule has 0 amide bonds. The van der Waals surface area contributed by atoms with Crippen LogP contribution in [0, 0.1) is 0 Å². The summed E-state index contributed by atoms with van der Waals surface area (Å²) < 4.78 is 2.22. The normalized spacial score (nSPS) is 24.1. The van der Waals surface area contributed by atoms with Crippen LogP contribution in [-0.4, -0.2) is 3.59 Å². The number of rotatable bonds is 1. The summed E-state index contributed by atoms with van der Waals surface area (Å²) in [5, 5.41) is 2.69. The lowest BCUT2D eigenvalue weighted by Crippen LogP contribution is -2.23. The van der Waals surface area contributed by atoms with Gasteiger partial charge in [0.15, 0.2) is 0 Å². The highest BCUT2D eigenvalue weighted by molar-refractivity contribution is 9.08. The summed E-state index contributed by atoms with van der Waals surface area (Å²) in [7, 11) is 0. The van der Waals surface area contributed by atoms with E-state index in [-0.39, 0.29) is 0 Å². The Balaban J connectivity index is 1.83. The van der Waals surface area contributed by atoms with Crippen LogP contribution < -0.4 is 10.7 Å². The van der Waals surface area contributed by atoms with Gasteiger partial charge in [0.2, 0.25) is 0 Å². The molecule has 0 N–H and O–H groups in total. The van der Waals surface area contributed by atoms with E-state index in [2.05, 4.69) is 80.5 Å². The molecule has 0 radical (unpaired) electrons. The molecular weight excluding hydrogens is 334 g/mol. The number of benzene rings is 1. The Bertz CT molecular complexity index is 944. The Hall–Kier alpha value is -1.80. The molecule has 0 saturated heterocycles. The van der Waals surface area contributed by atoms with E-state index in [9.17, 15) is 0 Å². The smallest absolute Gasteiger partial charge is 0.0577 e. The van der Waals surface area contributed by atoms with Gasteiger partial charge in [-0.2, -0.15) is 0 Å². The summed E-state index contributed by atoms with van der Waals surface area (Å²) in [6.07, 6.45) is 14.3. The molecule has 0 aliphatic heterocycles. The molecule has 0 fully saturated rings. The molecule has 0 saturated carbocycles. The van der Waals surface area contributed by atoms with Gasteiger partial charge >= 0.3 is 0 Å². The van der Waals surface area contributed by atoms with Gasteiger partial charge in [-0.1, -0.05) is 54.6 Å². The quantitative estimate of drug-likeness (QED) is 0.737. The van der Waals surface area contributed by atoms with Gasteiger partial charge in [0.1, 0.15) is 0 Å². The number of hydrogen-bond donors (Lipinski definition) is 0. The summed E-state index contributed by atoms with van der Waals surface area (Å²) >= 11 is 3.80. The van der Waals surface area contributed by atoms with E-state index in [1.807, 2.05) is 0 Å². The summed E-state index contributed by atoms with van der Waals surface area (Å²) in [6, 6.07) is 10.8. The van der Waals surface area contributed by atoms with Crippen LogP contribution in [0.2, 0.25) is 0 Å². The second-order valence-corrected chi connectivity index (χ2v) is 7.02. The first-order valence-corrected chi connectivity index (χ1v) is 8.62. The van der Waals surface area contributed by atoms with E-state index in [0.29, 0.717) is 11.8 Å². The molecular formula is C20H16BrN. The monoisotopic (exact) mass is 349 g/mol. The molecule has 0 spiro atoms. The largest absolute Gasteiger partial charge is 0.277 e. The standard InChI is InChI=1S/C20H16BrN/c21-22-17-8-4-7-14-9-10-15-11-16(13-5-2-1-3-6-13)12-18(22)20(15)19(14)17/h1-3,5-6,8-12,14,16H,4,7H2. The summed E-state index contributed by atoms with van der Waals surface area (Å²) in [5.41, 5.74) is 5.70. The Labute approximate surface area is 138 Å². The van der Waals surface area contributed by atoms with Crippen molar-refractivity contribution < 1.29 is 0 Å². The van der Waals surface area contributed by atoms with Crippen molar-refractivity contribution in [3.63, 3.8) is 0 Å². The van der Waals surface area contributed by atoms with Crippen molar-refractivity contribution in [1.29, 1.82) is 0 Å². The minimum atomic E-state index is 0.345. The molecule has 2 atom stereocenters. The van der Waals surface area contributed by atoms with Gasteiger partial charge in [0, 0.05) is 17.4 Å². The van der Waals surface area contributed by atoms with Crippen LogP contribution >= 0.6 is 16.1 Å². The van der Waals surface area contributed by atoms with Gasteiger partial charge in [-0.15, -0.1) is 0 Å². The minimum absolute atomic E-state index is 0.345. The first kappa shape index (κ1) is 12.7. The highest BCUT2D eigenvalue weighted by Gasteiger charge is 2.29. The highest BCUT2D eigenvalue weighted by Crippen LogP contribution is 2.38. The Morgan fingerprint density at radius 1 is 1.05 bits per heavy atom. The fraction of sp³-hybridized carbons (Fsp3) is 0.200. The topological polar surface area (TPSA) is 4.93 Å². The summed E-state index contributed by atoms with van der Waals surface area (Å²) in [5.74, 6) is 0.934. The lowest BCUT2D eigenvalue weighted by Gasteiger charge is -2.24. The molecule has 108 valence electrons. The lowest BCUT2D eigenvalue weighted by molar-refractivity contribution is 0.735. The molecule has 1 aromatic heterocycles. The maximum atomic E-state index is 3.80. The van der Waals surface area contributed by atoms with Gasteiger partial charge in [0.05, 0.1) is 26.8 Å². The first-order chi connectivity index (χ1) is 10.8. The predicted molar refractivity (Wildman–Crippen MR) is 95.2 cm³/mol. The second-order valence-electron chi connectivity index (χ2n) is 6.31. The molecule has 1 aromatic carbocycles. The zero-order valence-corrected chi connectivity index (χ0v) is 13.8. The third kappa shape index (κ3) is 1.65. The van der Waals surface area contributed by atoms with Crippen LogP contribution in [0.1, 0.15) is 41.4 Å². The Morgan fingerprint density at radius 2 is 1.91 bits per heavy atom. The average molecular weight is 350 g/mol. The van der Waals surface area contributed by atoms with Crippen molar-refractivity contribution in [1.82, 2.24) is 3.59 Å². The van der Waals surface area contributed by atoms with E-state index in [1.165, 1.54) is 39.4 Å². The molecule has 3 aliphatic carbocycles. The highest BCUT2D eigenvalue weighted by atomic mass is 79.9. The van der Waals surface area contributed by atoms with E-state index < -0.39 is 0 Å². The van der Waals surface area contributed by atoms with Gasteiger partial charge in [-0.05, 0) is 35.6 Å². The maximum absolute atomic E-state index is 3.80. The lowest BCUT2D eigenvalue weighted by atomic mass is 9.79. The average Bonchev–Trinajstić information content (AvgIpc) is 2.88. The van der Waals surface area contributed by atoms with Crippen LogP contribution in [-0.2, 0) is 0 Å². The van der Waals surface area contributed by atoms with Crippen molar-refractivity contribution in [3.05, 3.63) is 75.9 Å². The number of halogens is 1. The van der Waals surface area contributed by atoms with Crippen LogP contribution in [0.25, 0.3) is 17.7 Å². The number of allylic oxidation sites excluding steroid dienone is 4. The Morgan fingerprint density at radius 3 is 2.77 bits per heavy atom. The molecule has 0 bridgehead atoms. The van der Waals surface area contributed by atoms with Gasteiger partial charge in [-0.25, -0.2) is 0 Å². The van der Waals surface area contributed by atoms with E-state index in [4.69, 9.17) is 0 Å². The molecule has 1 nitrogen and oxygen atoms in total. The number of aromatic nitrogens is 1. The zero-order valence-electron chi connectivity index (χ0n) is 12.2. The molecule has 1 heterocycles. The molecule has 5 rings (SSSR count). The van der Waals surface area contributed by atoms with Gasteiger partial charge < -0.3 is 0 Å². The van der Waals surface area contributed by atoms with Gasteiger partial charge in [0.25, 0.3) is 0 Å². The third-order valence-corrected chi connectivity index (χ3v) is 5.85. The SMILES string of the molecule is Brn1c2c3c4c1=CCCC4C=CC3=CC(c1ccccc1)C=2. The molecule has 2 aromatic rings. The van der Waals surface area contributed by atoms with E-state index in [0.717, 1.165) is 6.42 Å². The van der Waals surface area contributed by atoms with E-state index >= 15 is 0 Å². The molecule has 2 heteroatoms. The number of hydrogen-bond acceptors (Lipinski definition) is 0. The summed E-state index contributed by atoms with van der Waals surface area (Å²) in [4.78, 5) is 0. The third-order valence-electron chi connectivity index (χ3n) is 5.09. The van der Waals surface area contributed by atoms with Crippen LogP contribution in [0.3, 0.4) is 0 Å². The number of nitrogens with zero attached hydrogens (tertiary/aromatic N) is 1. The van der Waals surface area contributed by atoms with Gasteiger partial charge in [-0.3, -0.25) is 3.59 Å².